The Bertz CT molecular complexity index is 138. The van der Waals surface area contributed by atoms with Crippen LogP contribution in [0.15, 0.2) is 0 Å². The molecule has 0 fully saturated rings. The maximum Gasteiger partial charge on any atom is 0.0106 e. The van der Waals surface area contributed by atoms with E-state index in [4.69, 9.17) is 0 Å². The van der Waals surface area contributed by atoms with E-state index in [1.807, 2.05) is 0 Å². The van der Waals surface area contributed by atoms with Gasteiger partial charge in [-0.25, -0.2) is 0 Å². The van der Waals surface area contributed by atoms with E-state index < -0.39 is 0 Å². The molecule has 0 amide bonds. The van der Waals surface area contributed by atoms with Gasteiger partial charge in [0.1, 0.15) is 0 Å². The molecule has 0 heterocycles. The minimum Gasteiger partial charge on any atom is -0.305 e. The molecule has 2 heteroatoms. The normalized spacial score (nSPS) is 12.9. The monoisotopic (exact) mass is 200 g/mol. The zero-order valence-corrected chi connectivity index (χ0v) is 10.9. The summed E-state index contributed by atoms with van der Waals surface area (Å²) in [6.07, 6.45) is 1.28. The molecular formula is C12H28N2. The minimum atomic E-state index is 0.463. The summed E-state index contributed by atoms with van der Waals surface area (Å²) in [7, 11) is 4.40. The molecule has 2 nitrogen and oxygen atoms in total. The highest BCUT2D eigenvalue weighted by atomic mass is 15.2. The summed E-state index contributed by atoms with van der Waals surface area (Å²) in [5.74, 6) is 0. The molecule has 0 unspecified atom stereocenters. The van der Waals surface area contributed by atoms with E-state index in [1.165, 1.54) is 26.1 Å². The van der Waals surface area contributed by atoms with Crippen molar-refractivity contribution >= 4 is 0 Å². The molecule has 0 rings (SSSR count). The summed E-state index contributed by atoms with van der Waals surface area (Å²) < 4.78 is 0. The molecule has 0 bridgehead atoms. The lowest BCUT2D eigenvalue weighted by Gasteiger charge is -2.25. The van der Waals surface area contributed by atoms with E-state index in [0.717, 1.165) is 6.54 Å². The summed E-state index contributed by atoms with van der Waals surface area (Å²) in [6.45, 7) is 13.8. The van der Waals surface area contributed by atoms with Gasteiger partial charge in [0.2, 0.25) is 0 Å². The Hall–Kier alpha value is -0.0800. The lowest BCUT2D eigenvalue weighted by atomic mass is 9.92. The van der Waals surface area contributed by atoms with Crippen LogP contribution in [0.2, 0.25) is 0 Å². The molecule has 0 spiro atoms. The van der Waals surface area contributed by atoms with Crippen LogP contribution in [0, 0.1) is 5.41 Å². The van der Waals surface area contributed by atoms with E-state index >= 15 is 0 Å². The van der Waals surface area contributed by atoms with Crippen LogP contribution in [-0.2, 0) is 0 Å². The molecule has 0 aromatic rings. The van der Waals surface area contributed by atoms with Gasteiger partial charge in [-0.15, -0.1) is 0 Å². The summed E-state index contributed by atoms with van der Waals surface area (Å²) in [4.78, 5) is 4.78. The van der Waals surface area contributed by atoms with Crippen molar-refractivity contribution < 1.29 is 0 Å². The molecule has 0 aromatic heterocycles. The second-order valence-electron chi connectivity index (χ2n) is 5.51. The highest BCUT2D eigenvalue weighted by molar-refractivity contribution is 4.64. The van der Waals surface area contributed by atoms with Crippen molar-refractivity contribution in [3.05, 3.63) is 0 Å². The first kappa shape index (κ1) is 13.9. The molecule has 0 aliphatic carbocycles. The van der Waals surface area contributed by atoms with E-state index in [0.29, 0.717) is 5.41 Å². The van der Waals surface area contributed by atoms with Crippen LogP contribution in [0.4, 0.5) is 0 Å². The summed E-state index contributed by atoms with van der Waals surface area (Å²) in [5, 5.41) is 0. The van der Waals surface area contributed by atoms with Gasteiger partial charge in [-0.05, 0) is 39.0 Å². The average molecular weight is 200 g/mol. The van der Waals surface area contributed by atoms with E-state index in [2.05, 4.69) is 51.6 Å². The molecule has 0 saturated carbocycles. The SMILES string of the molecule is CCN(C)CCN(C)CCC(C)(C)C. The highest BCUT2D eigenvalue weighted by Crippen LogP contribution is 2.18. The maximum atomic E-state index is 2.43. The molecule has 14 heavy (non-hydrogen) atoms. The van der Waals surface area contributed by atoms with Crippen molar-refractivity contribution in [1.82, 2.24) is 9.80 Å². The molecule has 0 aromatic carbocycles. The van der Waals surface area contributed by atoms with Gasteiger partial charge in [0, 0.05) is 13.1 Å². The van der Waals surface area contributed by atoms with Crippen LogP contribution in [0.1, 0.15) is 34.1 Å². The Morgan fingerprint density at radius 2 is 1.36 bits per heavy atom. The molecule has 0 aliphatic rings. The minimum absolute atomic E-state index is 0.463. The molecule has 0 aliphatic heterocycles. The Kier molecular flexibility index (Phi) is 6.38. The molecule has 0 N–H and O–H groups in total. The van der Waals surface area contributed by atoms with Crippen LogP contribution in [0.3, 0.4) is 0 Å². The van der Waals surface area contributed by atoms with Crippen LogP contribution in [0.25, 0.3) is 0 Å². The number of hydrogen-bond donors (Lipinski definition) is 0. The van der Waals surface area contributed by atoms with Gasteiger partial charge in [0.05, 0.1) is 0 Å². The van der Waals surface area contributed by atoms with Crippen LogP contribution < -0.4 is 0 Å². The van der Waals surface area contributed by atoms with Gasteiger partial charge < -0.3 is 9.80 Å². The maximum absolute atomic E-state index is 2.43. The van der Waals surface area contributed by atoms with Gasteiger partial charge in [0.25, 0.3) is 0 Å². The summed E-state index contributed by atoms with van der Waals surface area (Å²) in [5.41, 5.74) is 0.463. The van der Waals surface area contributed by atoms with Crippen LogP contribution >= 0.6 is 0 Å². The quantitative estimate of drug-likeness (QED) is 0.649. The largest absolute Gasteiger partial charge is 0.305 e. The Balaban J connectivity index is 3.51. The lowest BCUT2D eigenvalue weighted by molar-refractivity contribution is 0.232. The van der Waals surface area contributed by atoms with Gasteiger partial charge >= 0.3 is 0 Å². The standard InChI is InChI=1S/C12H28N2/c1-7-13(5)10-11-14(6)9-8-12(2,3)4/h7-11H2,1-6H3. The first-order valence-electron chi connectivity index (χ1n) is 5.72. The zero-order valence-electron chi connectivity index (χ0n) is 10.9. The highest BCUT2D eigenvalue weighted by Gasteiger charge is 2.11. The molecule has 86 valence electrons. The van der Waals surface area contributed by atoms with Crippen LogP contribution in [0.5, 0.6) is 0 Å². The van der Waals surface area contributed by atoms with Crippen molar-refractivity contribution in [2.45, 2.75) is 34.1 Å². The summed E-state index contributed by atoms with van der Waals surface area (Å²) >= 11 is 0. The van der Waals surface area contributed by atoms with E-state index in [-0.39, 0.29) is 0 Å². The molecular weight excluding hydrogens is 172 g/mol. The fourth-order valence-corrected chi connectivity index (χ4v) is 1.14. The predicted octanol–water partition coefficient (Wildman–Crippen LogP) is 2.31. The second-order valence-corrected chi connectivity index (χ2v) is 5.51. The summed E-state index contributed by atoms with van der Waals surface area (Å²) in [6, 6.07) is 0. The topological polar surface area (TPSA) is 6.48 Å². The first-order valence-corrected chi connectivity index (χ1v) is 5.72. The Morgan fingerprint density at radius 3 is 1.79 bits per heavy atom. The van der Waals surface area contributed by atoms with Crippen molar-refractivity contribution in [3.63, 3.8) is 0 Å². The number of likely N-dealkylation sites (N-methyl/N-ethyl adjacent to an activating group) is 2. The van der Waals surface area contributed by atoms with Gasteiger partial charge in [-0.2, -0.15) is 0 Å². The van der Waals surface area contributed by atoms with Crippen molar-refractivity contribution in [2.75, 3.05) is 40.3 Å². The third-order valence-electron chi connectivity index (χ3n) is 2.65. The van der Waals surface area contributed by atoms with E-state index in [9.17, 15) is 0 Å². The smallest absolute Gasteiger partial charge is 0.0106 e. The fraction of sp³-hybridized carbons (Fsp3) is 1.00. The van der Waals surface area contributed by atoms with Crippen molar-refractivity contribution in [3.8, 4) is 0 Å². The van der Waals surface area contributed by atoms with Gasteiger partial charge in [0.15, 0.2) is 0 Å². The lowest BCUT2D eigenvalue weighted by Crippen LogP contribution is -2.32. The third-order valence-corrected chi connectivity index (χ3v) is 2.65. The molecule has 0 saturated heterocycles. The average Bonchev–Trinajstić information content (AvgIpc) is 2.09. The molecule has 0 atom stereocenters. The van der Waals surface area contributed by atoms with E-state index in [1.54, 1.807) is 0 Å². The number of hydrogen-bond acceptors (Lipinski definition) is 2. The van der Waals surface area contributed by atoms with Gasteiger partial charge in [-0.3, -0.25) is 0 Å². The second kappa shape index (κ2) is 6.41. The van der Waals surface area contributed by atoms with Crippen LogP contribution in [-0.4, -0.2) is 50.1 Å². The molecule has 0 radical (unpaired) electrons. The Labute approximate surface area is 90.3 Å². The van der Waals surface area contributed by atoms with Crippen molar-refractivity contribution in [1.29, 1.82) is 0 Å². The predicted molar refractivity (Wildman–Crippen MR) is 64.7 cm³/mol. The first-order chi connectivity index (χ1) is 6.35. The Morgan fingerprint density at radius 1 is 0.857 bits per heavy atom. The number of nitrogens with zero attached hydrogens (tertiary/aromatic N) is 2. The van der Waals surface area contributed by atoms with Crippen molar-refractivity contribution in [2.24, 2.45) is 5.41 Å². The van der Waals surface area contributed by atoms with Gasteiger partial charge in [-0.1, -0.05) is 27.7 Å². The zero-order chi connectivity index (χ0) is 11.2. The number of rotatable bonds is 6. The fourth-order valence-electron chi connectivity index (χ4n) is 1.14. The third kappa shape index (κ3) is 8.52.